The number of phenolic OH excluding ortho intramolecular Hbond substituents is 1. The largest absolute Gasteiger partial charge is 0.507 e. The van der Waals surface area contributed by atoms with E-state index in [1.165, 1.54) is 0 Å². The topological polar surface area (TPSA) is 69.6 Å². The van der Waals surface area contributed by atoms with Crippen LogP contribution >= 0.6 is 0 Å². The van der Waals surface area contributed by atoms with Crippen molar-refractivity contribution in [3.05, 3.63) is 29.6 Å². The van der Waals surface area contributed by atoms with E-state index in [4.69, 9.17) is 0 Å². The lowest BCUT2D eigenvalue weighted by Crippen LogP contribution is -2.47. The normalized spacial score (nSPS) is 17.3. The summed E-state index contributed by atoms with van der Waals surface area (Å²) < 4.78 is 12.9. The number of rotatable bonds is 3. The van der Waals surface area contributed by atoms with Crippen molar-refractivity contribution in [3.8, 4) is 5.75 Å². The lowest BCUT2D eigenvalue weighted by atomic mass is 9.80. The molecule has 1 amide bonds. The van der Waals surface area contributed by atoms with Crippen LogP contribution in [0.25, 0.3) is 0 Å². The van der Waals surface area contributed by atoms with Crippen molar-refractivity contribution in [3.63, 3.8) is 0 Å². The van der Waals surface area contributed by atoms with Gasteiger partial charge in [0.1, 0.15) is 11.6 Å². The Morgan fingerprint density at radius 2 is 2.18 bits per heavy atom. The zero-order valence-electron chi connectivity index (χ0n) is 9.24. The minimum atomic E-state index is -0.835. The van der Waals surface area contributed by atoms with Gasteiger partial charge in [-0.25, -0.2) is 4.39 Å². The summed E-state index contributed by atoms with van der Waals surface area (Å²) in [6, 6.07) is 3.17. The number of benzene rings is 1. The van der Waals surface area contributed by atoms with Crippen molar-refractivity contribution in [2.45, 2.75) is 24.9 Å². The van der Waals surface area contributed by atoms with Crippen LogP contribution in [0.2, 0.25) is 0 Å². The van der Waals surface area contributed by atoms with E-state index in [1.54, 1.807) is 0 Å². The maximum Gasteiger partial charge on any atom is 0.255 e. The predicted octanol–water partition coefficient (Wildman–Crippen LogP) is 1.18. The van der Waals surface area contributed by atoms with Crippen molar-refractivity contribution in [1.82, 2.24) is 5.32 Å². The first kappa shape index (κ1) is 11.9. The number of aromatic hydroxyl groups is 1. The molecule has 0 aromatic heterocycles. The van der Waals surface area contributed by atoms with Gasteiger partial charge in [0.2, 0.25) is 0 Å². The van der Waals surface area contributed by atoms with Crippen LogP contribution in [0.1, 0.15) is 29.6 Å². The molecule has 2 rings (SSSR count). The first-order valence-electron chi connectivity index (χ1n) is 5.49. The fourth-order valence-corrected chi connectivity index (χ4v) is 1.79. The number of hydrogen-bond donors (Lipinski definition) is 3. The molecule has 0 saturated heterocycles. The van der Waals surface area contributed by atoms with Crippen LogP contribution in [-0.4, -0.2) is 28.3 Å². The van der Waals surface area contributed by atoms with Crippen LogP contribution < -0.4 is 5.32 Å². The Morgan fingerprint density at radius 3 is 2.76 bits per heavy atom. The average molecular weight is 239 g/mol. The van der Waals surface area contributed by atoms with Crippen LogP contribution in [0, 0.1) is 5.82 Å². The van der Waals surface area contributed by atoms with Crippen LogP contribution in [0.4, 0.5) is 4.39 Å². The first-order valence-corrected chi connectivity index (χ1v) is 5.49. The second-order valence-electron chi connectivity index (χ2n) is 4.42. The van der Waals surface area contributed by atoms with E-state index < -0.39 is 17.3 Å². The maximum atomic E-state index is 12.9. The SMILES string of the molecule is O=C(NCC1(O)CCC1)c1cc(F)ccc1O. The Hall–Kier alpha value is -1.62. The summed E-state index contributed by atoms with van der Waals surface area (Å²) in [7, 11) is 0. The average Bonchev–Trinajstić information content (AvgIpc) is 2.26. The molecule has 0 heterocycles. The minimum absolute atomic E-state index is 0.118. The monoisotopic (exact) mass is 239 g/mol. The van der Waals surface area contributed by atoms with Crippen LogP contribution in [0.5, 0.6) is 5.75 Å². The van der Waals surface area contributed by atoms with Gasteiger partial charge in [0.25, 0.3) is 5.91 Å². The van der Waals surface area contributed by atoms with Gasteiger partial charge in [-0.2, -0.15) is 0 Å². The fourth-order valence-electron chi connectivity index (χ4n) is 1.79. The molecular weight excluding hydrogens is 225 g/mol. The van der Waals surface area contributed by atoms with E-state index in [9.17, 15) is 19.4 Å². The van der Waals surface area contributed by atoms with Crippen LogP contribution in [0.3, 0.4) is 0 Å². The molecule has 1 saturated carbocycles. The van der Waals surface area contributed by atoms with E-state index in [-0.39, 0.29) is 17.9 Å². The van der Waals surface area contributed by atoms with E-state index in [2.05, 4.69) is 5.32 Å². The molecule has 1 fully saturated rings. The molecule has 1 aliphatic rings. The molecule has 5 heteroatoms. The van der Waals surface area contributed by atoms with Gasteiger partial charge >= 0.3 is 0 Å². The molecule has 4 nitrogen and oxygen atoms in total. The molecule has 1 aromatic rings. The van der Waals surface area contributed by atoms with E-state index in [1.807, 2.05) is 0 Å². The quantitative estimate of drug-likeness (QED) is 0.741. The van der Waals surface area contributed by atoms with Crippen molar-refractivity contribution in [1.29, 1.82) is 0 Å². The Kier molecular flexibility index (Phi) is 3.02. The molecule has 17 heavy (non-hydrogen) atoms. The van der Waals surface area contributed by atoms with Gasteiger partial charge in [-0.05, 0) is 37.5 Å². The summed E-state index contributed by atoms with van der Waals surface area (Å²) in [4.78, 5) is 11.7. The second kappa shape index (κ2) is 4.33. The van der Waals surface area contributed by atoms with Gasteiger partial charge in [-0.1, -0.05) is 0 Å². The van der Waals surface area contributed by atoms with Crippen molar-refractivity contribution in [2.75, 3.05) is 6.54 Å². The lowest BCUT2D eigenvalue weighted by molar-refractivity contribution is -0.0300. The molecule has 1 aromatic carbocycles. The lowest BCUT2D eigenvalue weighted by Gasteiger charge is -2.36. The third-order valence-corrected chi connectivity index (χ3v) is 3.07. The van der Waals surface area contributed by atoms with E-state index in [0.29, 0.717) is 12.8 Å². The van der Waals surface area contributed by atoms with Crippen molar-refractivity contribution in [2.24, 2.45) is 0 Å². The summed E-state index contributed by atoms with van der Waals surface area (Å²) in [5.41, 5.74) is -0.952. The highest BCUT2D eigenvalue weighted by atomic mass is 19.1. The number of amides is 1. The summed E-state index contributed by atoms with van der Waals surface area (Å²) in [6.45, 7) is 0.127. The zero-order valence-corrected chi connectivity index (χ0v) is 9.24. The summed E-state index contributed by atoms with van der Waals surface area (Å²) in [5, 5.41) is 21.7. The smallest absolute Gasteiger partial charge is 0.255 e. The molecule has 0 aliphatic heterocycles. The molecule has 3 N–H and O–H groups in total. The molecule has 0 unspecified atom stereocenters. The van der Waals surface area contributed by atoms with E-state index in [0.717, 1.165) is 24.6 Å². The van der Waals surface area contributed by atoms with Crippen LogP contribution in [-0.2, 0) is 0 Å². The number of carbonyl (C=O) groups excluding carboxylic acids is 1. The molecule has 0 radical (unpaired) electrons. The second-order valence-corrected chi connectivity index (χ2v) is 4.42. The Balaban J connectivity index is 2.01. The maximum absolute atomic E-state index is 12.9. The standard InChI is InChI=1S/C12H14FNO3/c13-8-2-3-10(15)9(6-8)11(16)14-7-12(17)4-1-5-12/h2-3,6,15,17H,1,4-5,7H2,(H,14,16). The summed E-state index contributed by atoms with van der Waals surface area (Å²) >= 11 is 0. The van der Waals surface area contributed by atoms with Gasteiger partial charge in [-0.15, -0.1) is 0 Å². The molecule has 1 aliphatic carbocycles. The highest BCUT2D eigenvalue weighted by molar-refractivity contribution is 5.96. The Morgan fingerprint density at radius 1 is 1.47 bits per heavy atom. The molecule has 0 spiro atoms. The summed E-state index contributed by atoms with van der Waals surface area (Å²) in [6.07, 6.45) is 2.25. The van der Waals surface area contributed by atoms with Gasteiger partial charge in [-0.3, -0.25) is 4.79 Å². The third kappa shape index (κ3) is 2.55. The van der Waals surface area contributed by atoms with Gasteiger partial charge in [0.15, 0.2) is 0 Å². The van der Waals surface area contributed by atoms with Crippen molar-refractivity contribution < 1.29 is 19.4 Å². The molecular formula is C12H14FNO3. The van der Waals surface area contributed by atoms with Gasteiger partial charge in [0.05, 0.1) is 11.2 Å². The van der Waals surface area contributed by atoms with Gasteiger partial charge < -0.3 is 15.5 Å². The summed E-state index contributed by atoms with van der Waals surface area (Å²) in [5.74, 6) is -1.44. The van der Waals surface area contributed by atoms with Gasteiger partial charge in [0, 0.05) is 6.54 Å². The first-order chi connectivity index (χ1) is 8.00. The zero-order chi connectivity index (χ0) is 12.5. The van der Waals surface area contributed by atoms with E-state index >= 15 is 0 Å². The highest BCUT2D eigenvalue weighted by Gasteiger charge is 2.34. The number of halogens is 1. The number of phenols is 1. The number of carbonyl (C=O) groups is 1. The minimum Gasteiger partial charge on any atom is -0.507 e. The number of aliphatic hydroxyl groups is 1. The fraction of sp³-hybridized carbons (Fsp3) is 0.417. The Labute approximate surface area is 98.1 Å². The Bertz CT molecular complexity index is 443. The predicted molar refractivity (Wildman–Crippen MR) is 59.2 cm³/mol. The molecule has 0 atom stereocenters. The van der Waals surface area contributed by atoms with Crippen molar-refractivity contribution >= 4 is 5.91 Å². The molecule has 0 bridgehead atoms. The third-order valence-electron chi connectivity index (χ3n) is 3.07. The number of nitrogens with one attached hydrogen (secondary N) is 1. The van der Waals surface area contributed by atoms with Crippen LogP contribution in [0.15, 0.2) is 18.2 Å². The number of hydrogen-bond acceptors (Lipinski definition) is 3. The molecule has 92 valence electrons. The highest BCUT2D eigenvalue weighted by Crippen LogP contribution is 2.30.